The van der Waals surface area contributed by atoms with Crippen molar-refractivity contribution in [2.24, 2.45) is 0 Å². The highest BCUT2D eigenvalue weighted by molar-refractivity contribution is 7.92. The van der Waals surface area contributed by atoms with E-state index in [1.807, 2.05) is 24.3 Å². The normalized spacial score (nSPS) is 11.1. The maximum atomic E-state index is 12.6. The first-order valence-electron chi connectivity index (χ1n) is 10.3. The number of halogens is 1. The van der Waals surface area contributed by atoms with Gasteiger partial charge in [0.2, 0.25) is 0 Å². The van der Waals surface area contributed by atoms with Crippen molar-refractivity contribution in [2.75, 3.05) is 17.9 Å². The predicted octanol–water partition coefficient (Wildman–Crippen LogP) is 4.90. The van der Waals surface area contributed by atoms with Crippen LogP contribution in [0, 0.1) is 0 Å². The fourth-order valence-electron chi connectivity index (χ4n) is 3.05. The fourth-order valence-corrected chi connectivity index (χ4v) is 4.32. The molecule has 0 aliphatic rings. The molecule has 3 rings (SSSR count). The smallest absolute Gasteiger partial charge is 0.261 e. The number of benzene rings is 3. The molecule has 0 radical (unpaired) electrons. The summed E-state index contributed by atoms with van der Waals surface area (Å²) in [6.07, 6.45) is 2.11. The minimum Gasteiger partial charge on any atom is -0.492 e. The van der Waals surface area contributed by atoms with Crippen molar-refractivity contribution in [1.29, 1.82) is 0 Å². The minimum atomic E-state index is -3.77. The van der Waals surface area contributed by atoms with Crippen LogP contribution in [0.1, 0.15) is 29.3 Å². The van der Waals surface area contributed by atoms with Crippen LogP contribution in [0.4, 0.5) is 5.69 Å². The Kier molecular flexibility index (Phi) is 8.14. The van der Waals surface area contributed by atoms with E-state index in [0.29, 0.717) is 0 Å². The molecular weight excluding hydrogens is 448 g/mol. The quantitative estimate of drug-likeness (QED) is 0.411. The molecule has 8 heteroatoms. The summed E-state index contributed by atoms with van der Waals surface area (Å²) < 4.78 is 33.1. The van der Waals surface area contributed by atoms with Crippen LogP contribution in [0.5, 0.6) is 5.75 Å². The van der Waals surface area contributed by atoms with E-state index in [9.17, 15) is 13.2 Å². The summed E-state index contributed by atoms with van der Waals surface area (Å²) in [5, 5.41) is 2.96. The Morgan fingerprint density at radius 1 is 1.00 bits per heavy atom. The fraction of sp³-hybridized carbons (Fsp3) is 0.208. The summed E-state index contributed by atoms with van der Waals surface area (Å²) in [6.45, 7) is 2.69. The van der Waals surface area contributed by atoms with E-state index >= 15 is 0 Å². The lowest BCUT2D eigenvalue weighted by Gasteiger charge is -2.12. The third-order valence-electron chi connectivity index (χ3n) is 4.64. The topological polar surface area (TPSA) is 84.5 Å². The van der Waals surface area contributed by atoms with Crippen molar-refractivity contribution in [3.63, 3.8) is 0 Å². The first-order valence-corrected chi connectivity index (χ1v) is 12.1. The summed E-state index contributed by atoms with van der Waals surface area (Å²) in [5.41, 5.74) is 1.67. The zero-order valence-electron chi connectivity index (χ0n) is 17.7. The first kappa shape index (κ1) is 23.6. The molecule has 0 aromatic heterocycles. The molecule has 0 heterocycles. The van der Waals surface area contributed by atoms with Crippen molar-refractivity contribution >= 4 is 33.2 Å². The molecule has 1 amide bonds. The van der Waals surface area contributed by atoms with Crippen LogP contribution in [0.3, 0.4) is 0 Å². The van der Waals surface area contributed by atoms with E-state index in [1.54, 1.807) is 18.2 Å². The summed E-state index contributed by atoms with van der Waals surface area (Å²) >= 11 is 6.16. The molecule has 32 heavy (non-hydrogen) atoms. The summed E-state index contributed by atoms with van der Waals surface area (Å²) in [5.74, 6) is 0.312. The second kappa shape index (κ2) is 11.0. The Labute approximate surface area is 193 Å². The summed E-state index contributed by atoms with van der Waals surface area (Å²) in [4.78, 5) is 12.7. The predicted molar refractivity (Wildman–Crippen MR) is 127 cm³/mol. The Balaban J connectivity index is 1.57. The van der Waals surface area contributed by atoms with Gasteiger partial charge in [0.05, 0.1) is 22.0 Å². The van der Waals surface area contributed by atoms with Crippen LogP contribution < -0.4 is 14.8 Å². The minimum absolute atomic E-state index is 0.126. The van der Waals surface area contributed by atoms with Crippen LogP contribution in [0.25, 0.3) is 0 Å². The van der Waals surface area contributed by atoms with Gasteiger partial charge in [-0.15, -0.1) is 0 Å². The summed E-state index contributed by atoms with van der Waals surface area (Å²) in [6, 6.07) is 20.2. The molecule has 6 nitrogen and oxygen atoms in total. The number of hydrogen-bond donors (Lipinski definition) is 2. The number of nitrogens with one attached hydrogen (secondary N) is 2. The van der Waals surface area contributed by atoms with Gasteiger partial charge in [-0.05, 0) is 54.4 Å². The van der Waals surface area contributed by atoms with Crippen molar-refractivity contribution in [3.8, 4) is 5.75 Å². The van der Waals surface area contributed by atoms with Crippen LogP contribution >= 0.6 is 11.6 Å². The lowest BCUT2D eigenvalue weighted by molar-refractivity contribution is 0.0947. The molecule has 0 aliphatic heterocycles. The molecule has 0 unspecified atom stereocenters. The number of ether oxygens (including phenoxy) is 1. The van der Waals surface area contributed by atoms with Crippen LogP contribution in [0.2, 0.25) is 5.02 Å². The number of carbonyl (C=O) groups excluding carboxylic acids is 1. The molecule has 0 bridgehead atoms. The van der Waals surface area contributed by atoms with Gasteiger partial charge in [0, 0.05) is 5.69 Å². The number of carbonyl (C=O) groups is 1. The number of amides is 1. The standard InChI is InChI=1S/C24H25ClN2O4S/c1-2-6-18-9-12-20(13-10-18)31-16-15-26-24(28)22-17-19(11-14-23(22)25)27-32(29,30)21-7-4-3-5-8-21/h3-5,7-14,17,27H,2,6,15-16H2,1H3,(H,26,28). The molecule has 0 saturated heterocycles. The highest BCUT2D eigenvalue weighted by Crippen LogP contribution is 2.23. The molecule has 0 aliphatic carbocycles. The molecule has 0 atom stereocenters. The van der Waals surface area contributed by atoms with Gasteiger partial charge < -0.3 is 10.1 Å². The number of rotatable bonds is 10. The van der Waals surface area contributed by atoms with Crippen molar-refractivity contribution in [2.45, 2.75) is 24.7 Å². The largest absolute Gasteiger partial charge is 0.492 e. The van der Waals surface area contributed by atoms with E-state index in [2.05, 4.69) is 17.0 Å². The Morgan fingerprint density at radius 3 is 2.41 bits per heavy atom. The van der Waals surface area contributed by atoms with E-state index in [4.69, 9.17) is 16.3 Å². The molecule has 0 saturated carbocycles. The lowest BCUT2D eigenvalue weighted by Crippen LogP contribution is -2.28. The third kappa shape index (κ3) is 6.48. The van der Waals surface area contributed by atoms with Gasteiger partial charge in [0.1, 0.15) is 12.4 Å². The zero-order valence-corrected chi connectivity index (χ0v) is 19.2. The van der Waals surface area contributed by atoms with Crippen molar-refractivity contribution < 1.29 is 17.9 Å². The molecule has 0 fully saturated rings. The molecule has 2 N–H and O–H groups in total. The van der Waals surface area contributed by atoms with E-state index in [1.165, 1.54) is 35.9 Å². The lowest BCUT2D eigenvalue weighted by atomic mass is 10.1. The molecule has 0 spiro atoms. The van der Waals surface area contributed by atoms with Gasteiger partial charge in [0.15, 0.2) is 0 Å². The van der Waals surface area contributed by atoms with Crippen molar-refractivity contribution in [3.05, 3.63) is 88.9 Å². The highest BCUT2D eigenvalue weighted by Gasteiger charge is 2.16. The third-order valence-corrected chi connectivity index (χ3v) is 6.36. The molecule has 3 aromatic rings. The first-order chi connectivity index (χ1) is 15.4. The second-order valence-electron chi connectivity index (χ2n) is 7.11. The van der Waals surface area contributed by atoms with Gasteiger partial charge in [0.25, 0.3) is 15.9 Å². The number of aryl methyl sites for hydroxylation is 1. The second-order valence-corrected chi connectivity index (χ2v) is 9.20. The van der Waals surface area contributed by atoms with Gasteiger partial charge in [-0.25, -0.2) is 8.42 Å². The molecular formula is C24H25ClN2O4S. The average molecular weight is 473 g/mol. The van der Waals surface area contributed by atoms with E-state index in [-0.39, 0.29) is 34.3 Å². The number of hydrogen-bond acceptors (Lipinski definition) is 4. The van der Waals surface area contributed by atoms with Crippen molar-refractivity contribution in [1.82, 2.24) is 5.32 Å². The number of sulfonamides is 1. The highest BCUT2D eigenvalue weighted by atomic mass is 35.5. The van der Waals surface area contributed by atoms with E-state index < -0.39 is 15.9 Å². The zero-order chi connectivity index (χ0) is 23.0. The Hall–Kier alpha value is -3.03. The molecule has 168 valence electrons. The van der Waals surface area contributed by atoms with Crippen LogP contribution in [-0.2, 0) is 16.4 Å². The molecule has 3 aromatic carbocycles. The average Bonchev–Trinajstić information content (AvgIpc) is 2.79. The van der Waals surface area contributed by atoms with Gasteiger partial charge in [-0.2, -0.15) is 0 Å². The maximum Gasteiger partial charge on any atom is 0.261 e. The Morgan fingerprint density at radius 2 is 1.72 bits per heavy atom. The monoisotopic (exact) mass is 472 g/mol. The van der Waals surface area contributed by atoms with Crippen LogP contribution in [0.15, 0.2) is 77.7 Å². The van der Waals surface area contributed by atoms with Crippen LogP contribution in [-0.4, -0.2) is 27.5 Å². The van der Waals surface area contributed by atoms with Gasteiger partial charge in [-0.3, -0.25) is 9.52 Å². The van der Waals surface area contributed by atoms with E-state index in [0.717, 1.165) is 18.6 Å². The van der Waals surface area contributed by atoms with Gasteiger partial charge in [-0.1, -0.05) is 55.3 Å². The summed E-state index contributed by atoms with van der Waals surface area (Å²) in [7, 11) is -3.77. The SMILES string of the molecule is CCCc1ccc(OCCNC(=O)c2cc(NS(=O)(=O)c3ccccc3)ccc2Cl)cc1. The number of anilines is 1. The maximum absolute atomic E-state index is 12.6. The Bertz CT molecular complexity index is 1150. The van der Waals surface area contributed by atoms with Gasteiger partial charge >= 0.3 is 0 Å².